The molecule has 1 aromatic heterocycles. The Labute approximate surface area is 385 Å². The zero-order valence-corrected chi connectivity index (χ0v) is 37.8. The Morgan fingerprint density at radius 3 is 1.17 bits per heavy atom. The lowest BCUT2D eigenvalue weighted by Gasteiger charge is -2.35. The number of hydrogen-bond acceptors (Lipinski definition) is 2. The fraction of sp³-hybridized carbons (Fsp3) is 0.0164. The van der Waals surface area contributed by atoms with Crippen molar-refractivity contribution in [1.82, 2.24) is 4.57 Å². The fourth-order valence-electron chi connectivity index (χ4n) is 10.7. The van der Waals surface area contributed by atoms with Crippen LogP contribution in [0, 0.1) is 0 Å². The molecule has 1 aliphatic rings. The minimum absolute atomic E-state index is 0.757. The van der Waals surface area contributed by atoms with Gasteiger partial charge in [-0.15, -0.1) is 0 Å². The number of rotatable bonds is 9. The Morgan fingerprint density at radius 2 is 0.697 bits per heavy atom. The van der Waals surface area contributed by atoms with Crippen molar-refractivity contribution < 1.29 is 9.13 Å². The number of benzene rings is 10. The summed E-state index contributed by atoms with van der Waals surface area (Å²) in [6, 6.07) is 89.5. The number of fused-ring (bicyclic) bond motifs is 6. The Balaban J connectivity index is 1.21. The Bertz CT molecular complexity index is 3450. The molecular weight excluding hydrogens is 841 g/mol. The van der Waals surface area contributed by atoms with E-state index in [0.717, 1.165) is 92.7 Å². The van der Waals surface area contributed by atoms with Gasteiger partial charge in [-0.1, -0.05) is 218 Å². The monoisotopic (exact) mass is 883 g/mol. The molecule has 11 aromatic rings. The van der Waals surface area contributed by atoms with Gasteiger partial charge in [0.15, 0.2) is 14.3 Å². The lowest BCUT2D eigenvalue weighted by molar-refractivity contribution is 0.591. The summed E-state index contributed by atoms with van der Waals surface area (Å²) in [6.07, 6.45) is 0. The molecule has 12 rings (SSSR count). The molecule has 0 unspecified atom stereocenters. The smallest absolute Gasteiger partial charge is 0.171 e. The molecule has 0 fully saturated rings. The summed E-state index contributed by atoms with van der Waals surface area (Å²) < 4.78 is 34.9. The SMILES string of the molecule is O=P(c1ccccc1)(c1ccccc1)c1ccc2c(c1)C(c1ccccc1)(c1ccc3c(c1)c1ccccc1n3-c1ccccc1)c1cc(P(=O)(c3ccccc3)c3ccccc3)ccc1-2. The second-order valence-corrected chi connectivity index (χ2v) is 22.6. The van der Waals surface area contributed by atoms with Crippen molar-refractivity contribution in [3.05, 3.63) is 283 Å². The predicted octanol–water partition coefficient (Wildman–Crippen LogP) is 12.4. The zero-order valence-electron chi connectivity index (χ0n) is 36.0. The van der Waals surface area contributed by atoms with Gasteiger partial charge in [-0.25, -0.2) is 0 Å². The van der Waals surface area contributed by atoms with Gasteiger partial charge in [-0.05, 0) is 75.8 Å². The number of aromatic nitrogens is 1. The van der Waals surface area contributed by atoms with Gasteiger partial charge in [0.2, 0.25) is 0 Å². The second kappa shape index (κ2) is 15.9. The summed E-state index contributed by atoms with van der Waals surface area (Å²) in [5.41, 5.74) is 8.69. The molecule has 66 heavy (non-hydrogen) atoms. The lowest BCUT2D eigenvalue weighted by Crippen LogP contribution is -2.32. The normalized spacial score (nSPS) is 13.1. The first-order chi connectivity index (χ1) is 32.5. The minimum atomic E-state index is -3.41. The van der Waals surface area contributed by atoms with Crippen molar-refractivity contribution in [3.8, 4) is 16.8 Å². The van der Waals surface area contributed by atoms with Crippen molar-refractivity contribution in [2.45, 2.75) is 5.41 Å². The first-order valence-corrected chi connectivity index (χ1v) is 25.8. The summed E-state index contributed by atoms with van der Waals surface area (Å²) in [6.45, 7) is 0. The third kappa shape index (κ3) is 5.98. The first-order valence-electron chi connectivity index (χ1n) is 22.4. The van der Waals surface area contributed by atoms with Gasteiger partial charge in [-0.2, -0.15) is 0 Å². The highest BCUT2D eigenvalue weighted by molar-refractivity contribution is 7.85. The number of nitrogens with zero attached hydrogens (tertiary/aromatic N) is 1. The highest BCUT2D eigenvalue weighted by Gasteiger charge is 2.48. The van der Waals surface area contributed by atoms with Crippen LogP contribution in [0.25, 0.3) is 38.6 Å². The molecular formula is C61H43NO2P2. The van der Waals surface area contributed by atoms with E-state index in [1.807, 2.05) is 121 Å². The molecule has 314 valence electrons. The van der Waals surface area contributed by atoms with Crippen LogP contribution in [0.2, 0.25) is 0 Å². The van der Waals surface area contributed by atoms with Gasteiger partial charge in [0.05, 0.1) is 16.4 Å². The first kappa shape index (κ1) is 40.0. The van der Waals surface area contributed by atoms with E-state index in [-0.39, 0.29) is 0 Å². The van der Waals surface area contributed by atoms with Crippen LogP contribution in [-0.4, -0.2) is 4.57 Å². The van der Waals surface area contributed by atoms with Crippen molar-refractivity contribution in [3.63, 3.8) is 0 Å². The fourth-order valence-corrected chi connectivity index (χ4v) is 16.0. The zero-order chi connectivity index (χ0) is 44.3. The van der Waals surface area contributed by atoms with Crippen LogP contribution in [0.5, 0.6) is 0 Å². The van der Waals surface area contributed by atoms with E-state index in [1.165, 1.54) is 0 Å². The maximum Gasteiger partial charge on any atom is 0.171 e. The van der Waals surface area contributed by atoms with E-state index < -0.39 is 19.7 Å². The maximum atomic E-state index is 16.3. The van der Waals surface area contributed by atoms with E-state index >= 15 is 9.13 Å². The number of hydrogen-bond donors (Lipinski definition) is 0. The van der Waals surface area contributed by atoms with E-state index in [4.69, 9.17) is 0 Å². The van der Waals surface area contributed by atoms with Crippen molar-refractivity contribution >= 4 is 67.9 Å². The highest BCUT2D eigenvalue weighted by Crippen LogP contribution is 2.58. The van der Waals surface area contributed by atoms with Crippen molar-refractivity contribution in [2.75, 3.05) is 0 Å². The molecule has 10 aromatic carbocycles. The van der Waals surface area contributed by atoms with Crippen LogP contribution in [0.1, 0.15) is 22.3 Å². The largest absolute Gasteiger partial charge is 0.309 e. The van der Waals surface area contributed by atoms with E-state index in [9.17, 15) is 0 Å². The van der Waals surface area contributed by atoms with Gasteiger partial charge >= 0.3 is 0 Å². The molecule has 0 N–H and O–H groups in total. The van der Waals surface area contributed by atoms with Gasteiger partial charge in [-0.3, -0.25) is 0 Å². The third-order valence-electron chi connectivity index (χ3n) is 13.6. The summed E-state index contributed by atoms with van der Waals surface area (Å²) >= 11 is 0. The standard InChI is InChI=1S/C61H43NO2P2/c63-65(47-25-11-3-12-26-47,48-27-13-4-14-28-48)51-36-38-53-54-39-37-52(66(64,49-29-15-5-16-30-49)50-31-17-6-18-32-50)43-58(54)61(57(53)42-51,44-21-7-1-8-22-44)45-35-40-60-56(41-45)55-33-19-20-34-59(55)62(60)46-23-9-2-10-24-46/h1-43H. The molecule has 0 bridgehead atoms. The maximum absolute atomic E-state index is 16.3. The summed E-state index contributed by atoms with van der Waals surface area (Å²) in [5, 5.41) is 6.91. The quantitative estimate of drug-likeness (QED) is 0.136. The summed E-state index contributed by atoms with van der Waals surface area (Å²) in [7, 11) is -6.82. The average Bonchev–Trinajstić information content (AvgIpc) is 3.89. The van der Waals surface area contributed by atoms with Crippen LogP contribution in [-0.2, 0) is 14.5 Å². The van der Waals surface area contributed by atoms with Gasteiger partial charge in [0.1, 0.15) is 0 Å². The summed E-state index contributed by atoms with van der Waals surface area (Å²) in [5.74, 6) is 0. The molecule has 0 saturated heterocycles. The van der Waals surface area contributed by atoms with E-state index in [1.54, 1.807) is 0 Å². The third-order valence-corrected chi connectivity index (χ3v) is 19.7. The Kier molecular flexibility index (Phi) is 9.61. The predicted molar refractivity (Wildman–Crippen MR) is 277 cm³/mol. The van der Waals surface area contributed by atoms with Crippen molar-refractivity contribution in [2.24, 2.45) is 0 Å². The topological polar surface area (TPSA) is 39.1 Å². The molecule has 5 heteroatoms. The molecule has 0 radical (unpaired) electrons. The highest BCUT2D eigenvalue weighted by atomic mass is 31.2. The molecule has 0 amide bonds. The van der Waals surface area contributed by atoms with Gasteiger partial charge < -0.3 is 13.7 Å². The molecule has 0 aliphatic heterocycles. The average molecular weight is 884 g/mol. The summed E-state index contributed by atoms with van der Waals surface area (Å²) in [4.78, 5) is 0. The minimum Gasteiger partial charge on any atom is -0.309 e. The second-order valence-electron chi connectivity index (χ2n) is 17.1. The van der Waals surface area contributed by atoms with Crippen LogP contribution >= 0.6 is 14.3 Å². The molecule has 1 aliphatic carbocycles. The Morgan fingerprint density at radius 1 is 0.303 bits per heavy atom. The van der Waals surface area contributed by atoms with Gasteiger partial charge in [0, 0.05) is 48.3 Å². The van der Waals surface area contributed by atoms with Crippen molar-refractivity contribution in [1.29, 1.82) is 0 Å². The van der Waals surface area contributed by atoms with Crippen LogP contribution in [0.15, 0.2) is 261 Å². The van der Waals surface area contributed by atoms with Gasteiger partial charge in [0.25, 0.3) is 0 Å². The molecule has 1 heterocycles. The Hall–Kier alpha value is -7.54. The molecule has 3 nitrogen and oxygen atoms in total. The van der Waals surface area contributed by atoms with Crippen LogP contribution in [0.4, 0.5) is 0 Å². The van der Waals surface area contributed by atoms with Crippen LogP contribution < -0.4 is 31.8 Å². The lowest BCUT2D eigenvalue weighted by atomic mass is 9.67. The molecule has 0 spiro atoms. The number of para-hydroxylation sites is 2. The molecule has 0 atom stereocenters. The van der Waals surface area contributed by atoms with Crippen LogP contribution in [0.3, 0.4) is 0 Å². The molecule has 0 saturated carbocycles. The van der Waals surface area contributed by atoms with E-state index in [2.05, 4.69) is 144 Å². The van der Waals surface area contributed by atoms with E-state index in [0.29, 0.717) is 0 Å².